The number of hydrogen-bond acceptors (Lipinski definition) is 3. The van der Waals surface area contributed by atoms with E-state index in [1.54, 1.807) is 10.9 Å². The van der Waals surface area contributed by atoms with Gasteiger partial charge in [-0.15, -0.1) is 5.10 Å². The average molecular weight is 260 g/mol. The monoisotopic (exact) mass is 260 g/mol. The van der Waals surface area contributed by atoms with Gasteiger partial charge in [-0.2, -0.15) is 0 Å². The lowest BCUT2D eigenvalue weighted by Crippen LogP contribution is -2.25. The Morgan fingerprint density at radius 3 is 2.58 bits per heavy atom. The van der Waals surface area contributed by atoms with Crippen LogP contribution in [0.1, 0.15) is 25.7 Å². The van der Waals surface area contributed by atoms with E-state index < -0.39 is 5.67 Å². The number of halogens is 1. The fraction of sp³-hybridized carbons (Fsp3) is 0.429. The molecule has 5 heteroatoms. The fourth-order valence-electron chi connectivity index (χ4n) is 2.62. The first-order valence-electron chi connectivity index (χ1n) is 6.60. The molecule has 3 rings (SSSR count). The number of nitrogen functional groups attached to an aromatic ring is 1. The number of hydrogen-bond donors (Lipinski definition) is 1. The Labute approximate surface area is 111 Å². The van der Waals surface area contributed by atoms with E-state index in [4.69, 9.17) is 5.73 Å². The minimum atomic E-state index is -1.11. The largest absolute Gasteiger partial charge is 0.399 e. The third kappa shape index (κ3) is 2.59. The molecule has 0 atom stereocenters. The molecule has 1 heterocycles. The Morgan fingerprint density at radius 2 is 1.89 bits per heavy atom. The Kier molecular flexibility index (Phi) is 2.97. The number of nitrogens with zero attached hydrogens (tertiary/aromatic N) is 3. The zero-order valence-corrected chi connectivity index (χ0v) is 10.7. The SMILES string of the molecule is Nc1ccc(-c2cn(CC3(F)CCCC3)nn2)cc1. The van der Waals surface area contributed by atoms with Gasteiger partial charge in [-0.3, -0.25) is 0 Å². The molecule has 1 aliphatic rings. The van der Waals surface area contributed by atoms with Crippen LogP contribution in [0, 0.1) is 0 Å². The predicted octanol–water partition coefficient (Wildman–Crippen LogP) is 2.81. The van der Waals surface area contributed by atoms with Crippen LogP contribution in [0.5, 0.6) is 0 Å². The van der Waals surface area contributed by atoms with Crippen LogP contribution in [0.15, 0.2) is 30.5 Å². The van der Waals surface area contributed by atoms with Crippen molar-refractivity contribution in [3.63, 3.8) is 0 Å². The van der Waals surface area contributed by atoms with Crippen LogP contribution in [0.4, 0.5) is 10.1 Å². The molecule has 0 bridgehead atoms. The summed E-state index contributed by atoms with van der Waals surface area (Å²) in [7, 11) is 0. The molecule has 1 aromatic carbocycles. The first-order valence-corrected chi connectivity index (χ1v) is 6.60. The summed E-state index contributed by atoms with van der Waals surface area (Å²) in [6.45, 7) is 0.301. The van der Waals surface area contributed by atoms with Crippen molar-refractivity contribution in [3.8, 4) is 11.3 Å². The van der Waals surface area contributed by atoms with E-state index in [1.165, 1.54) is 0 Å². The van der Waals surface area contributed by atoms with Crippen molar-refractivity contribution in [1.82, 2.24) is 15.0 Å². The minimum Gasteiger partial charge on any atom is -0.399 e. The number of aromatic nitrogens is 3. The first-order chi connectivity index (χ1) is 9.15. The summed E-state index contributed by atoms with van der Waals surface area (Å²) in [5, 5.41) is 8.11. The van der Waals surface area contributed by atoms with Crippen molar-refractivity contribution in [2.75, 3.05) is 5.73 Å². The molecule has 19 heavy (non-hydrogen) atoms. The van der Waals surface area contributed by atoms with Crippen LogP contribution in [-0.2, 0) is 6.54 Å². The highest BCUT2D eigenvalue weighted by molar-refractivity contribution is 5.60. The van der Waals surface area contributed by atoms with Crippen molar-refractivity contribution in [1.29, 1.82) is 0 Å². The lowest BCUT2D eigenvalue weighted by molar-refractivity contribution is 0.138. The first kappa shape index (κ1) is 12.1. The molecular formula is C14H17FN4. The van der Waals surface area contributed by atoms with E-state index in [0.717, 1.165) is 24.1 Å². The van der Waals surface area contributed by atoms with E-state index in [-0.39, 0.29) is 0 Å². The van der Waals surface area contributed by atoms with E-state index in [1.807, 2.05) is 24.3 Å². The second-order valence-corrected chi connectivity index (χ2v) is 5.28. The van der Waals surface area contributed by atoms with Gasteiger partial charge < -0.3 is 5.73 Å². The summed E-state index contributed by atoms with van der Waals surface area (Å²) < 4.78 is 16.0. The summed E-state index contributed by atoms with van der Waals surface area (Å²) in [6, 6.07) is 7.43. The third-order valence-corrected chi connectivity index (χ3v) is 3.69. The molecule has 0 spiro atoms. The topological polar surface area (TPSA) is 56.7 Å². The van der Waals surface area contributed by atoms with Gasteiger partial charge in [0.05, 0.1) is 12.7 Å². The van der Waals surface area contributed by atoms with Crippen LogP contribution in [-0.4, -0.2) is 20.7 Å². The van der Waals surface area contributed by atoms with Crippen LogP contribution < -0.4 is 5.73 Å². The maximum atomic E-state index is 14.4. The molecule has 1 aliphatic carbocycles. The molecule has 0 saturated heterocycles. The van der Waals surface area contributed by atoms with Gasteiger partial charge in [0, 0.05) is 11.3 Å². The van der Waals surface area contributed by atoms with Gasteiger partial charge in [-0.1, -0.05) is 30.2 Å². The van der Waals surface area contributed by atoms with E-state index in [9.17, 15) is 4.39 Å². The van der Waals surface area contributed by atoms with Crippen molar-refractivity contribution in [2.45, 2.75) is 37.9 Å². The molecule has 0 aliphatic heterocycles. The quantitative estimate of drug-likeness (QED) is 0.863. The summed E-state index contributed by atoms with van der Waals surface area (Å²) in [6.07, 6.45) is 4.99. The van der Waals surface area contributed by atoms with Crippen molar-refractivity contribution >= 4 is 5.69 Å². The molecule has 2 aromatic rings. The molecule has 2 N–H and O–H groups in total. The Balaban J connectivity index is 1.77. The van der Waals surface area contributed by atoms with Crippen molar-refractivity contribution in [3.05, 3.63) is 30.5 Å². The van der Waals surface area contributed by atoms with E-state index in [0.29, 0.717) is 25.1 Å². The zero-order valence-electron chi connectivity index (χ0n) is 10.7. The van der Waals surface area contributed by atoms with Gasteiger partial charge >= 0.3 is 0 Å². The molecule has 4 nitrogen and oxygen atoms in total. The van der Waals surface area contributed by atoms with E-state index >= 15 is 0 Å². The summed E-state index contributed by atoms with van der Waals surface area (Å²) >= 11 is 0. The summed E-state index contributed by atoms with van der Waals surface area (Å²) in [5.74, 6) is 0. The van der Waals surface area contributed by atoms with Crippen molar-refractivity contribution < 1.29 is 4.39 Å². The number of anilines is 1. The molecule has 1 aromatic heterocycles. The van der Waals surface area contributed by atoms with Crippen LogP contribution in [0.3, 0.4) is 0 Å². The lowest BCUT2D eigenvalue weighted by Gasteiger charge is -2.17. The molecule has 100 valence electrons. The second-order valence-electron chi connectivity index (χ2n) is 5.28. The minimum absolute atomic E-state index is 0.301. The maximum Gasteiger partial charge on any atom is 0.130 e. The van der Waals surface area contributed by atoms with E-state index in [2.05, 4.69) is 10.3 Å². The normalized spacial score (nSPS) is 17.7. The third-order valence-electron chi connectivity index (χ3n) is 3.69. The van der Waals surface area contributed by atoms with Gasteiger partial charge in [-0.05, 0) is 25.0 Å². The molecule has 0 amide bonds. The second kappa shape index (κ2) is 4.64. The maximum absolute atomic E-state index is 14.4. The number of rotatable bonds is 3. The molecule has 1 fully saturated rings. The Hall–Kier alpha value is -1.91. The van der Waals surface area contributed by atoms with Crippen LogP contribution in [0.2, 0.25) is 0 Å². The number of benzene rings is 1. The zero-order chi connectivity index (χ0) is 13.3. The standard InChI is InChI=1S/C14H17FN4/c15-14(7-1-2-8-14)10-19-9-13(17-18-19)11-3-5-12(16)6-4-11/h3-6,9H,1-2,7-8,10,16H2. The fourth-order valence-corrected chi connectivity index (χ4v) is 2.62. The Morgan fingerprint density at radius 1 is 1.21 bits per heavy atom. The highest BCUT2D eigenvalue weighted by Crippen LogP contribution is 2.34. The van der Waals surface area contributed by atoms with Gasteiger partial charge in [0.2, 0.25) is 0 Å². The smallest absolute Gasteiger partial charge is 0.130 e. The molecule has 0 radical (unpaired) electrons. The average Bonchev–Trinajstić information content (AvgIpc) is 3.00. The van der Waals surface area contributed by atoms with Crippen molar-refractivity contribution in [2.24, 2.45) is 0 Å². The molecule has 1 saturated carbocycles. The highest BCUT2D eigenvalue weighted by Gasteiger charge is 2.34. The Bertz CT molecular complexity index is 555. The lowest BCUT2D eigenvalue weighted by atomic mass is 10.1. The number of nitrogens with two attached hydrogens (primary N) is 1. The molecule has 0 unspecified atom stereocenters. The van der Waals surface area contributed by atoms with Crippen LogP contribution in [0.25, 0.3) is 11.3 Å². The van der Waals surface area contributed by atoms with Gasteiger partial charge in [0.15, 0.2) is 0 Å². The van der Waals surface area contributed by atoms with Crippen LogP contribution >= 0.6 is 0 Å². The predicted molar refractivity (Wildman–Crippen MR) is 72.2 cm³/mol. The van der Waals surface area contributed by atoms with Gasteiger partial charge in [-0.25, -0.2) is 9.07 Å². The summed E-state index contributed by atoms with van der Waals surface area (Å²) in [5.41, 5.74) is 6.95. The highest BCUT2D eigenvalue weighted by atomic mass is 19.1. The van der Waals surface area contributed by atoms with Gasteiger partial charge in [0.1, 0.15) is 11.4 Å². The van der Waals surface area contributed by atoms with Gasteiger partial charge in [0.25, 0.3) is 0 Å². The number of alkyl halides is 1. The molecular weight excluding hydrogens is 243 g/mol. The summed E-state index contributed by atoms with van der Waals surface area (Å²) in [4.78, 5) is 0.